The maximum atomic E-state index is 12.6. The van der Waals surface area contributed by atoms with E-state index < -0.39 is 16.1 Å². The molecule has 7 nitrogen and oxygen atoms in total. The van der Waals surface area contributed by atoms with E-state index in [1.54, 1.807) is 13.0 Å². The fourth-order valence-corrected chi connectivity index (χ4v) is 3.76. The van der Waals surface area contributed by atoms with Gasteiger partial charge in [0.1, 0.15) is 10.7 Å². The standard InChI is InChI=1S/C13H21N3O4S/c1-3-14-13-5-4-12(6-15-13)21(18,19)16-7-10(2)20-11(8-16)9-17/h4-6,10-11,17H,3,7-9H2,1-2H3,(H,14,15). The normalized spacial score (nSPS) is 24.0. The summed E-state index contributed by atoms with van der Waals surface area (Å²) in [6.07, 6.45) is 0.610. The van der Waals surface area contributed by atoms with E-state index in [9.17, 15) is 13.5 Å². The van der Waals surface area contributed by atoms with Gasteiger partial charge in [0.25, 0.3) is 0 Å². The summed E-state index contributed by atoms with van der Waals surface area (Å²) >= 11 is 0. The molecule has 1 aromatic heterocycles. The third kappa shape index (κ3) is 3.70. The highest BCUT2D eigenvalue weighted by atomic mass is 32.2. The summed E-state index contributed by atoms with van der Waals surface area (Å²) in [5, 5.41) is 12.2. The minimum absolute atomic E-state index is 0.148. The molecule has 2 N–H and O–H groups in total. The lowest BCUT2D eigenvalue weighted by atomic mass is 10.2. The molecule has 0 amide bonds. The summed E-state index contributed by atoms with van der Waals surface area (Å²) in [4.78, 5) is 4.24. The largest absolute Gasteiger partial charge is 0.394 e. The molecule has 1 aromatic rings. The van der Waals surface area contributed by atoms with Crippen LogP contribution in [0.1, 0.15) is 13.8 Å². The van der Waals surface area contributed by atoms with E-state index in [1.165, 1.54) is 16.6 Å². The zero-order valence-electron chi connectivity index (χ0n) is 12.2. The first-order chi connectivity index (χ1) is 9.97. The average molecular weight is 315 g/mol. The molecule has 0 radical (unpaired) electrons. The van der Waals surface area contributed by atoms with E-state index >= 15 is 0 Å². The molecule has 1 saturated heterocycles. The van der Waals surface area contributed by atoms with Crippen LogP contribution in [0.4, 0.5) is 5.82 Å². The van der Waals surface area contributed by atoms with Crippen LogP contribution < -0.4 is 5.32 Å². The van der Waals surface area contributed by atoms with Crippen molar-refractivity contribution in [3.8, 4) is 0 Å². The number of pyridine rings is 1. The lowest BCUT2D eigenvalue weighted by Crippen LogP contribution is -2.50. The Kier molecular flexibility index (Phi) is 5.15. The summed E-state index contributed by atoms with van der Waals surface area (Å²) in [7, 11) is -3.62. The maximum Gasteiger partial charge on any atom is 0.244 e. The van der Waals surface area contributed by atoms with Crippen LogP contribution in [0, 0.1) is 0 Å². The van der Waals surface area contributed by atoms with Crippen molar-refractivity contribution in [2.45, 2.75) is 31.0 Å². The number of aromatic nitrogens is 1. The van der Waals surface area contributed by atoms with Gasteiger partial charge in [-0.2, -0.15) is 4.31 Å². The van der Waals surface area contributed by atoms with Crippen LogP contribution in [-0.4, -0.2) is 61.3 Å². The summed E-state index contributed by atoms with van der Waals surface area (Å²) < 4.78 is 32.0. The molecule has 21 heavy (non-hydrogen) atoms. The van der Waals surface area contributed by atoms with Gasteiger partial charge in [0.15, 0.2) is 0 Å². The first-order valence-corrected chi connectivity index (χ1v) is 8.37. The zero-order valence-corrected chi connectivity index (χ0v) is 13.0. The van der Waals surface area contributed by atoms with Crippen molar-refractivity contribution in [1.82, 2.24) is 9.29 Å². The Hall–Kier alpha value is -1.22. The van der Waals surface area contributed by atoms with Crippen LogP contribution in [-0.2, 0) is 14.8 Å². The summed E-state index contributed by atoms with van der Waals surface area (Å²) in [6.45, 7) is 4.67. The van der Waals surface area contributed by atoms with Crippen molar-refractivity contribution in [3.63, 3.8) is 0 Å². The van der Waals surface area contributed by atoms with E-state index in [4.69, 9.17) is 4.74 Å². The Morgan fingerprint density at radius 3 is 2.81 bits per heavy atom. The number of aliphatic hydroxyl groups is 1. The van der Waals surface area contributed by atoms with E-state index in [0.717, 1.165) is 6.54 Å². The molecule has 8 heteroatoms. The van der Waals surface area contributed by atoms with Gasteiger partial charge in [0, 0.05) is 25.8 Å². The van der Waals surface area contributed by atoms with Gasteiger partial charge in [0.2, 0.25) is 10.0 Å². The van der Waals surface area contributed by atoms with Gasteiger partial charge >= 0.3 is 0 Å². The van der Waals surface area contributed by atoms with Crippen LogP contribution >= 0.6 is 0 Å². The molecule has 1 aliphatic heterocycles. The van der Waals surface area contributed by atoms with Gasteiger partial charge in [-0.1, -0.05) is 0 Å². The fourth-order valence-electron chi connectivity index (χ4n) is 2.27. The van der Waals surface area contributed by atoms with E-state index in [2.05, 4.69) is 10.3 Å². The number of nitrogens with zero attached hydrogens (tertiary/aromatic N) is 2. The number of morpholine rings is 1. The van der Waals surface area contributed by atoms with E-state index in [-0.39, 0.29) is 30.7 Å². The fraction of sp³-hybridized carbons (Fsp3) is 0.615. The molecule has 0 aromatic carbocycles. The van der Waals surface area contributed by atoms with Crippen LogP contribution in [0.15, 0.2) is 23.2 Å². The highest BCUT2D eigenvalue weighted by Crippen LogP contribution is 2.21. The first kappa shape index (κ1) is 16.2. The van der Waals surface area contributed by atoms with Crippen molar-refractivity contribution in [1.29, 1.82) is 0 Å². The lowest BCUT2D eigenvalue weighted by molar-refractivity contribution is -0.0750. The molecule has 0 spiro atoms. The molecular weight excluding hydrogens is 294 g/mol. The Morgan fingerprint density at radius 1 is 1.48 bits per heavy atom. The molecule has 118 valence electrons. The van der Waals surface area contributed by atoms with Crippen molar-refractivity contribution in [3.05, 3.63) is 18.3 Å². The van der Waals surface area contributed by atoms with Gasteiger partial charge < -0.3 is 15.2 Å². The first-order valence-electron chi connectivity index (χ1n) is 6.93. The van der Waals surface area contributed by atoms with Crippen molar-refractivity contribution < 1.29 is 18.3 Å². The molecule has 0 aliphatic carbocycles. The maximum absolute atomic E-state index is 12.6. The van der Waals surface area contributed by atoms with Crippen LogP contribution in [0.2, 0.25) is 0 Å². The second-order valence-corrected chi connectivity index (χ2v) is 6.92. The zero-order chi connectivity index (χ0) is 15.5. The number of rotatable bonds is 5. The van der Waals surface area contributed by atoms with E-state index in [1.807, 2.05) is 6.92 Å². The molecule has 1 aliphatic rings. The minimum Gasteiger partial charge on any atom is -0.394 e. The Labute approximate surface area is 125 Å². The highest BCUT2D eigenvalue weighted by molar-refractivity contribution is 7.89. The molecule has 2 rings (SSSR count). The van der Waals surface area contributed by atoms with Crippen molar-refractivity contribution >= 4 is 15.8 Å². The second kappa shape index (κ2) is 6.69. The van der Waals surface area contributed by atoms with Gasteiger partial charge in [0.05, 0.1) is 18.8 Å². The number of ether oxygens (including phenoxy) is 1. The number of anilines is 1. The molecule has 2 atom stereocenters. The van der Waals surface area contributed by atoms with Gasteiger partial charge in [-0.15, -0.1) is 0 Å². The monoisotopic (exact) mass is 315 g/mol. The Morgan fingerprint density at radius 2 is 2.24 bits per heavy atom. The number of hydrogen-bond acceptors (Lipinski definition) is 6. The molecule has 1 fully saturated rings. The lowest BCUT2D eigenvalue weighted by Gasteiger charge is -2.35. The van der Waals surface area contributed by atoms with Gasteiger partial charge in [-0.25, -0.2) is 13.4 Å². The topological polar surface area (TPSA) is 91.8 Å². The second-order valence-electron chi connectivity index (χ2n) is 4.98. The SMILES string of the molecule is CCNc1ccc(S(=O)(=O)N2CC(C)OC(CO)C2)cn1. The van der Waals surface area contributed by atoms with Crippen LogP contribution in [0.3, 0.4) is 0 Å². The number of hydrogen-bond donors (Lipinski definition) is 2. The predicted octanol–water partition coefficient (Wildman–Crippen LogP) is 0.284. The Bertz CT molecular complexity index is 561. The Balaban J connectivity index is 2.20. The summed E-state index contributed by atoms with van der Waals surface area (Å²) in [5.41, 5.74) is 0. The molecular formula is C13H21N3O4S. The third-order valence-electron chi connectivity index (χ3n) is 3.23. The highest BCUT2D eigenvalue weighted by Gasteiger charge is 2.33. The number of sulfonamides is 1. The van der Waals surface area contributed by atoms with Crippen LogP contribution in [0.25, 0.3) is 0 Å². The molecule has 0 saturated carbocycles. The smallest absolute Gasteiger partial charge is 0.244 e. The summed E-state index contributed by atoms with van der Waals surface area (Å²) in [5.74, 6) is 0.639. The molecule has 0 bridgehead atoms. The number of nitrogens with one attached hydrogen (secondary N) is 1. The quantitative estimate of drug-likeness (QED) is 0.811. The number of aliphatic hydroxyl groups excluding tert-OH is 1. The van der Waals surface area contributed by atoms with Gasteiger partial charge in [-0.05, 0) is 26.0 Å². The van der Waals surface area contributed by atoms with Crippen molar-refractivity contribution in [2.75, 3.05) is 31.6 Å². The predicted molar refractivity (Wildman–Crippen MR) is 78.6 cm³/mol. The van der Waals surface area contributed by atoms with Crippen LogP contribution in [0.5, 0.6) is 0 Å². The van der Waals surface area contributed by atoms with Gasteiger partial charge in [-0.3, -0.25) is 0 Å². The van der Waals surface area contributed by atoms with E-state index in [0.29, 0.717) is 5.82 Å². The summed E-state index contributed by atoms with van der Waals surface area (Å²) in [6, 6.07) is 3.18. The molecule has 2 heterocycles. The average Bonchev–Trinajstić information content (AvgIpc) is 2.47. The van der Waals surface area contributed by atoms with Crippen molar-refractivity contribution in [2.24, 2.45) is 0 Å². The minimum atomic E-state index is -3.62. The third-order valence-corrected chi connectivity index (χ3v) is 5.04. The molecule has 2 unspecified atom stereocenters.